The lowest BCUT2D eigenvalue weighted by Gasteiger charge is -2.47. The third-order valence-corrected chi connectivity index (χ3v) is 8.53. The summed E-state index contributed by atoms with van der Waals surface area (Å²) >= 11 is 0. The first-order chi connectivity index (χ1) is 16.6. The van der Waals surface area contributed by atoms with Crippen molar-refractivity contribution in [3.8, 4) is 0 Å². The Kier molecular flexibility index (Phi) is 7.40. The molecule has 2 amide bonds. The lowest BCUT2D eigenvalue weighted by molar-refractivity contribution is -0.143. The van der Waals surface area contributed by atoms with Crippen molar-refractivity contribution in [3.05, 3.63) is 29.8 Å². The molecule has 34 heavy (non-hydrogen) atoms. The Morgan fingerprint density at radius 2 is 1.85 bits per heavy atom. The second-order valence-electron chi connectivity index (χ2n) is 10.7. The van der Waals surface area contributed by atoms with Gasteiger partial charge in [0.25, 0.3) is 0 Å². The summed E-state index contributed by atoms with van der Waals surface area (Å²) in [6.07, 6.45) is 9.07. The van der Waals surface area contributed by atoms with Crippen molar-refractivity contribution in [3.63, 3.8) is 0 Å². The number of anilines is 1. The van der Waals surface area contributed by atoms with Gasteiger partial charge in [-0.05, 0) is 63.2 Å². The number of benzene rings is 1. The van der Waals surface area contributed by atoms with Crippen molar-refractivity contribution < 1.29 is 9.59 Å². The van der Waals surface area contributed by atoms with Crippen LogP contribution in [0.5, 0.6) is 0 Å². The van der Waals surface area contributed by atoms with E-state index in [1.54, 1.807) is 7.05 Å². The highest BCUT2D eigenvalue weighted by Gasteiger charge is 2.43. The van der Waals surface area contributed by atoms with Gasteiger partial charge in [0.15, 0.2) is 0 Å². The van der Waals surface area contributed by atoms with E-state index < -0.39 is 6.04 Å². The Bertz CT molecular complexity index is 870. The molecule has 0 bridgehead atoms. The number of amides is 2. The summed E-state index contributed by atoms with van der Waals surface area (Å²) in [5.41, 5.74) is 2.74. The van der Waals surface area contributed by atoms with Crippen LogP contribution in [0, 0.1) is 5.92 Å². The van der Waals surface area contributed by atoms with Gasteiger partial charge in [0, 0.05) is 37.9 Å². The number of nitrogens with zero attached hydrogens (tertiary/aromatic N) is 3. The summed E-state index contributed by atoms with van der Waals surface area (Å²) in [5, 5.41) is 6.10. The predicted molar refractivity (Wildman–Crippen MR) is 135 cm³/mol. The van der Waals surface area contributed by atoms with Gasteiger partial charge in [0.1, 0.15) is 6.04 Å². The van der Waals surface area contributed by atoms with Crippen LogP contribution in [0.3, 0.4) is 0 Å². The Morgan fingerprint density at radius 1 is 1.03 bits per heavy atom. The number of rotatable bonds is 7. The van der Waals surface area contributed by atoms with E-state index in [2.05, 4.69) is 49.6 Å². The molecular weight excluding hydrogens is 426 g/mol. The maximum absolute atomic E-state index is 14.2. The molecule has 2 saturated heterocycles. The molecule has 1 aromatic rings. The van der Waals surface area contributed by atoms with Crippen LogP contribution in [0.1, 0.15) is 50.5 Å². The third-order valence-electron chi connectivity index (χ3n) is 8.53. The van der Waals surface area contributed by atoms with Crippen LogP contribution in [0.15, 0.2) is 24.3 Å². The van der Waals surface area contributed by atoms with Gasteiger partial charge in [-0.2, -0.15) is 0 Å². The Hall–Kier alpha value is -2.12. The molecule has 1 aromatic carbocycles. The Balaban J connectivity index is 1.37. The molecule has 0 unspecified atom stereocenters. The zero-order valence-electron chi connectivity index (χ0n) is 20.7. The number of hydrogen-bond acceptors (Lipinski definition) is 5. The van der Waals surface area contributed by atoms with Crippen molar-refractivity contribution in [2.24, 2.45) is 5.92 Å². The molecule has 7 nitrogen and oxygen atoms in total. The van der Waals surface area contributed by atoms with E-state index in [1.165, 1.54) is 30.5 Å². The molecule has 3 heterocycles. The van der Waals surface area contributed by atoms with Gasteiger partial charge in [-0.15, -0.1) is 0 Å². The monoisotopic (exact) mass is 467 g/mol. The van der Waals surface area contributed by atoms with Crippen LogP contribution in [-0.4, -0.2) is 86.1 Å². The van der Waals surface area contributed by atoms with Crippen LogP contribution in [-0.2, 0) is 16.0 Å². The molecule has 3 aliphatic heterocycles. The van der Waals surface area contributed by atoms with Crippen LogP contribution in [0.4, 0.5) is 5.69 Å². The van der Waals surface area contributed by atoms with E-state index in [-0.39, 0.29) is 30.3 Å². The maximum atomic E-state index is 14.2. The SMILES string of the molecule is CNCC(=O)N[C@H](C(=O)N1C[C@H]2CCCN2C[C@H]1CN1CCc2ccccc21)C1CCCCC1. The number of para-hydroxylation sites is 1. The fourth-order valence-electron chi connectivity index (χ4n) is 6.78. The molecule has 0 aromatic heterocycles. The topological polar surface area (TPSA) is 67.9 Å². The van der Waals surface area contributed by atoms with Gasteiger partial charge >= 0.3 is 0 Å². The normalized spacial score (nSPS) is 26.3. The zero-order chi connectivity index (χ0) is 23.5. The number of likely N-dealkylation sites (N-methyl/N-ethyl adjacent to an activating group) is 1. The molecule has 0 spiro atoms. The van der Waals surface area contributed by atoms with E-state index in [9.17, 15) is 9.59 Å². The fourth-order valence-corrected chi connectivity index (χ4v) is 6.78. The molecule has 4 aliphatic rings. The largest absolute Gasteiger partial charge is 0.369 e. The minimum atomic E-state index is -0.400. The number of fused-ring (bicyclic) bond motifs is 2. The number of carbonyl (C=O) groups is 2. The number of carbonyl (C=O) groups excluding carboxylic acids is 2. The highest BCUT2D eigenvalue weighted by atomic mass is 16.2. The van der Waals surface area contributed by atoms with Crippen LogP contribution in [0.2, 0.25) is 0 Å². The summed E-state index contributed by atoms with van der Waals surface area (Å²) in [4.78, 5) is 34.1. The Morgan fingerprint density at radius 3 is 2.68 bits per heavy atom. The van der Waals surface area contributed by atoms with E-state index in [4.69, 9.17) is 0 Å². The molecule has 2 N–H and O–H groups in total. The molecular formula is C27H41N5O2. The van der Waals surface area contributed by atoms with Crippen molar-refractivity contribution in [1.29, 1.82) is 0 Å². The van der Waals surface area contributed by atoms with E-state index >= 15 is 0 Å². The van der Waals surface area contributed by atoms with Crippen LogP contribution < -0.4 is 15.5 Å². The molecule has 3 fully saturated rings. The van der Waals surface area contributed by atoms with Gasteiger partial charge in [0.05, 0.1) is 12.6 Å². The van der Waals surface area contributed by atoms with Crippen LogP contribution >= 0.6 is 0 Å². The highest BCUT2D eigenvalue weighted by molar-refractivity contribution is 5.89. The molecule has 7 heteroatoms. The standard InChI is InChI=1S/C27H41N5O2/c1-28-16-25(33)29-26(21-9-3-2-4-10-21)27(34)32-19-22-11-7-14-30(22)17-23(32)18-31-15-13-20-8-5-6-12-24(20)31/h5-6,8,12,21-23,26,28H,2-4,7,9-11,13-19H2,1H3,(H,29,33)/t22-,23+,26+/m1/s1. The molecule has 5 rings (SSSR count). The van der Waals surface area contributed by atoms with Crippen molar-refractivity contribution in [1.82, 2.24) is 20.4 Å². The minimum Gasteiger partial charge on any atom is -0.369 e. The average molecular weight is 468 g/mol. The third kappa shape index (κ3) is 4.96. The van der Waals surface area contributed by atoms with Crippen molar-refractivity contribution >= 4 is 17.5 Å². The Labute approximate surface area is 204 Å². The van der Waals surface area contributed by atoms with E-state index in [0.29, 0.717) is 6.04 Å². The second-order valence-corrected chi connectivity index (χ2v) is 10.7. The number of nitrogens with one attached hydrogen (secondary N) is 2. The second kappa shape index (κ2) is 10.6. The first-order valence-electron chi connectivity index (χ1n) is 13.5. The minimum absolute atomic E-state index is 0.0732. The van der Waals surface area contributed by atoms with Gasteiger partial charge in [0.2, 0.25) is 11.8 Å². The smallest absolute Gasteiger partial charge is 0.245 e. The molecule has 186 valence electrons. The van der Waals surface area contributed by atoms with Crippen molar-refractivity contribution in [2.75, 3.05) is 51.2 Å². The summed E-state index contributed by atoms with van der Waals surface area (Å²) in [6.45, 7) is 5.02. The fraction of sp³-hybridized carbons (Fsp3) is 0.704. The summed E-state index contributed by atoms with van der Waals surface area (Å²) in [7, 11) is 1.78. The quantitative estimate of drug-likeness (QED) is 0.642. The lowest BCUT2D eigenvalue weighted by atomic mass is 9.83. The van der Waals surface area contributed by atoms with Gasteiger partial charge < -0.3 is 20.4 Å². The van der Waals surface area contributed by atoms with Gasteiger partial charge in [-0.3, -0.25) is 14.5 Å². The van der Waals surface area contributed by atoms with Crippen LogP contribution in [0.25, 0.3) is 0 Å². The van der Waals surface area contributed by atoms with E-state index in [1.807, 2.05) is 0 Å². The molecule has 3 atom stereocenters. The van der Waals surface area contributed by atoms with Gasteiger partial charge in [-0.1, -0.05) is 37.5 Å². The number of piperazine rings is 1. The maximum Gasteiger partial charge on any atom is 0.245 e. The lowest BCUT2D eigenvalue weighted by Crippen LogP contribution is -2.65. The highest BCUT2D eigenvalue weighted by Crippen LogP contribution is 2.33. The number of hydrogen-bond donors (Lipinski definition) is 2. The first kappa shape index (κ1) is 23.6. The summed E-state index contributed by atoms with van der Waals surface area (Å²) in [6, 6.07) is 8.91. The molecule has 1 aliphatic carbocycles. The van der Waals surface area contributed by atoms with Crippen molar-refractivity contribution in [2.45, 2.75) is 69.5 Å². The summed E-state index contributed by atoms with van der Waals surface area (Å²) < 4.78 is 0. The van der Waals surface area contributed by atoms with E-state index in [0.717, 1.165) is 64.8 Å². The molecule has 1 saturated carbocycles. The predicted octanol–water partition coefficient (Wildman–Crippen LogP) is 2.01. The molecule has 0 radical (unpaired) electrons. The zero-order valence-corrected chi connectivity index (χ0v) is 20.7. The average Bonchev–Trinajstić information content (AvgIpc) is 3.49. The van der Waals surface area contributed by atoms with Gasteiger partial charge in [-0.25, -0.2) is 0 Å². The first-order valence-corrected chi connectivity index (χ1v) is 13.5. The summed E-state index contributed by atoms with van der Waals surface area (Å²) in [5.74, 6) is 0.327.